The van der Waals surface area contributed by atoms with Gasteiger partial charge in [-0.15, -0.1) is 0 Å². The van der Waals surface area contributed by atoms with Crippen molar-refractivity contribution in [2.45, 2.75) is 0 Å². The van der Waals surface area contributed by atoms with E-state index in [4.69, 9.17) is 60.1 Å². The number of hydrogen-bond donors (Lipinski definition) is 2. The van der Waals surface area contributed by atoms with Crippen LogP contribution in [0.5, 0.6) is 69.0 Å². The number of methoxy groups -OCH3 is 6. The molecule has 0 atom stereocenters. The summed E-state index contributed by atoms with van der Waals surface area (Å²) in [4.78, 5) is 6.89. The van der Waals surface area contributed by atoms with Crippen LogP contribution in [-0.2, 0) is 0 Å². The molecule has 2 N–H and O–H groups in total. The zero-order valence-electron chi connectivity index (χ0n) is 33.5. The van der Waals surface area contributed by atoms with Gasteiger partial charge in [0.05, 0.1) is 0 Å². The van der Waals surface area contributed by atoms with Gasteiger partial charge in [0, 0.05) is 0 Å². The van der Waals surface area contributed by atoms with E-state index >= 15 is 0 Å². The van der Waals surface area contributed by atoms with E-state index in [-0.39, 0.29) is 25.8 Å². The van der Waals surface area contributed by atoms with Gasteiger partial charge in [0.1, 0.15) is 0 Å². The second-order valence-electron chi connectivity index (χ2n) is 12.7. The molecule has 0 spiro atoms. The molecule has 6 aromatic carbocycles. The Morgan fingerprint density at radius 2 is 0.517 bits per heavy atom. The first-order valence-electron chi connectivity index (χ1n) is 18.2. The first-order chi connectivity index (χ1) is 29.1. The fourth-order valence-corrected chi connectivity index (χ4v) is 16.1. The normalized spacial score (nSPS) is 17.0. The molecule has 0 saturated heterocycles. The molecular weight excluding hydrogens is 831 g/mol. The standard InChI is InChI=1S/C42H44N3O12P3/c1-46-31-7-19-37(20-8-31)52-59(53-38-21-9-32(47-2)10-22-38,54-39-23-11-33(48-3)12-24-39)43-58-44-60(45-59,55-40-25-13-34(49-4)14-26-40,56-41-27-15-35(50-5)16-28-41)57-42-29-17-36(51-6)18-30-42/h7-30,45H,1-6H3,(H,43,44). The molecule has 1 heterocycles. The van der Waals surface area contributed by atoms with Gasteiger partial charge in [0.25, 0.3) is 0 Å². The Hall–Kier alpha value is -6.20. The van der Waals surface area contributed by atoms with Crippen molar-refractivity contribution in [3.8, 4) is 69.0 Å². The molecule has 0 unspecified atom stereocenters. The molecule has 18 heteroatoms. The summed E-state index contributed by atoms with van der Waals surface area (Å²) in [5.74, 6) is 5.22. The Morgan fingerprint density at radius 3 is 0.733 bits per heavy atom. The molecule has 60 heavy (non-hydrogen) atoms. The van der Waals surface area contributed by atoms with Crippen molar-refractivity contribution >= 4 is 23.7 Å². The summed E-state index contributed by atoms with van der Waals surface area (Å²) in [7, 11) is -1.42. The van der Waals surface area contributed by atoms with Crippen molar-refractivity contribution in [3.05, 3.63) is 146 Å². The Kier molecular flexibility index (Phi) is 12.3. The fraction of sp³-hybridized carbons (Fsp3) is 0.143. The molecule has 0 saturated carbocycles. The maximum atomic E-state index is 7.17. The Balaban J connectivity index is 1.54. The summed E-state index contributed by atoms with van der Waals surface area (Å²) >= 11 is 0. The molecule has 15 nitrogen and oxygen atoms in total. The maximum absolute atomic E-state index is 7.17. The SMILES string of the molecule is COc1ccc(OP2(Oc3ccc(OC)cc3)(Oc3ccc(OC)cc3)N=PNP(Oc3ccc(OC)cc3)(Oc3ccc(OC)cc3)(Oc3ccc(OC)cc3)N2)cc1. The van der Waals surface area contributed by atoms with Crippen LogP contribution in [0.2, 0.25) is 0 Å². The van der Waals surface area contributed by atoms with E-state index in [1.165, 1.54) is 0 Å². The van der Waals surface area contributed by atoms with E-state index in [2.05, 4.69) is 9.72 Å². The van der Waals surface area contributed by atoms with Crippen LogP contribution < -0.4 is 65.3 Å². The Labute approximate surface area is 349 Å². The molecule has 1 aliphatic rings. The molecule has 1 aliphatic heterocycles. The second-order valence-corrected chi connectivity index (χ2v) is 19.8. The molecule has 6 aromatic rings. The third kappa shape index (κ3) is 9.31. The monoisotopic (exact) mass is 875 g/mol. The third-order valence-electron chi connectivity index (χ3n) is 8.73. The van der Waals surface area contributed by atoms with E-state index in [0.717, 1.165) is 0 Å². The third-order valence-corrected chi connectivity index (χ3v) is 18.0. The second kappa shape index (κ2) is 17.6. The molecular formula is C42H44N3O12P3. The van der Waals surface area contributed by atoms with Crippen LogP contribution in [0.15, 0.2) is 150 Å². The van der Waals surface area contributed by atoms with Crippen molar-refractivity contribution < 1.29 is 55.6 Å². The number of hydrogen-bond acceptors (Lipinski definition) is 15. The van der Waals surface area contributed by atoms with Gasteiger partial charge in [0.15, 0.2) is 0 Å². The van der Waals surface area contributed by atoms with Crippen molar-refractivity contribution in [1.29, 1.82) is 0 Å². The Morgan fingerprint density at radius 1 is 0.317 bits per heavy atom. The average molecular weight is 876 g/mol. The van der Waals surface area contributed by atoms with E-state index < -0.39 is 15.2 Å². The summed E-state index contributed by atoms with van der Waals surface area (Å²) in [6.07, 6.45) is 0. The molecule has 314 valence electrons. The van der Waals surface area contributed by atoms with Crippen molar-refractivity contribution in [2.75, 3.05) is 42.7 Å². The van der Waals surface area contributed by atoms with Crippen LogP contribution in [0.25, 0.3) is 0 Å². The number of rotatable bonds is 18. The van der Waals surface area contributed by atoms with Gasteiger partial charge in [-0.2, -0.15) is 0 Å². The number of nitrogens with zero attached hydrogens (tertiary/aromatic N) is 1. The molecule has 0 amide bonds. The molecule has 0 bridgehead atoms. The molecule has 0 radical (unpaired) electrons. The molecule has 7 rings (SSSR count). The van der Waals surface area contributed by atoms with Crippen molar-refractivity contribution in [3.63, 3.8) is 0 Å². The first kappa shape index (κ1) is 41.9. The summed E-state index contributed by atoms with van der Waals surface area (Å²) < 4.78 is 80.9. The van der Waals surface area contributed by atoms with E-state index in [1.54, 1.807) is 188 Å². The van der Waals surface area contributed by atoms with Gasteiger partial charge in [-0.05, 0) is 0 Å². The van der Waals surface area contributed by atoms with Gasteiger partial charge in [-0.25, -0.2) is 0 Å². The average Bonchev–Trinajstić information content (AvgIpc) is 3.28. The van der Waals surface area contributed by atoms with Crippen LogP contribution in [0.4, 0.5) is 0 Å². The summed E-state index contributed by atoms with van der Waals surface area (Å²) in [5, 5.41) is 0. The minimum absolute atomic E-state index is 0.0859. The minimum atomic E-state index is -5.52. The van der Waals surface area contributed by atoms with Gasteiger partial charge in [-0.1, -0.05) is 0 Å². The van der Waals surface area contributed by atoms with E-state index in [1.807, 2.05) is 0 Å². The van der Waals surface area contributed by atoms with Crippen molar-refractivity contribution in [2.24, 2.45) is 4.52 Å². The van der Waals surface area contributed by atoms with Crippen LogP contribution in [-0.4, -0.2) is 42.7 Å². The zero-order valence-corrected chi connectivity index (χ0v) is 36.2. The fourth-order valence-electron chi connectivity index (χ4n) is 5.81. The number of ether oxygens (including phenoxy) is 6. The zero-order chi connectivity index (χ0) is 42.1. The number of benzene rings is 6. The quantitative estimate of drug-likeness (QED) is 0.0789. The van der Waals surface area contributed by atoms with Gasteiger partial charge < -0.3 is 0 Å². The summed E-state index contributed by atoms with van der Waals surface area (Å²) in [6, 6.07) is 41.3. The topological polar surface area (TPSA) is 147 Å². The van der Waals surface area contributed by atoms with Gasteiger partial charge >= 0.3 is 351 Å². The van der Waals surface area contributed by atoms with Crippen LogP contribution in [0.1, 0.15) is 0 Å². The molecule has 0 aromatic heterocycles. The molecule has 0 aliphatic carbocycles. The van der Waals surface area contributed by atoms with Gasteiger partial charge in [-0.3, -0.25) is 0 Å². The predicted octanol–water partition coefficient (Wildman–Crippen LogP) is 11.0. The summed E-state index contributed by atoms with van der Waals surface area (Å²) in [5.41, 5.74) is 0. The van der Waals surface area contributed by atoms with E-state index in [9.17, 15) is 0 Å². The van der Waals surface area contributed by atoms with Gasteiger partial charge in [0.2, 0.25) is 0 Å². The van der Waals surface area contributed by atoms with Crippen molar-refractivity contribution in [1.82, 2.24) is 9.72 Å². The van der Waals surface area contributed by atoms with E-state index in [0.29, 0.717) is 51.7 Å². The summed E-state index contributed by atoms with van der Waals surface area (Å²) in [6.45, 7) is 0. The van der Waals surface area contributed by atoms with Crippen LogP contribution >= 0.6 is 23.7 Å². The predicted molar refractivity (Wildman–Crippen MR) is 231 cm³/mol. The Bertz CT molecular complexity index is 2130. The first-order valence-corrected chi connectivity index (χ1v) is 23.0. The van der Waals surface area contributed by atoms with Crippen LogP contribution in [0, 0.1) is 0 Å². The molecule has 0 fully saturated rings. The van der Waals surface area contributed by atoms with Crippen LogP contribution in [0.3, 0.4) is 0 Å². The number of nitrogens with one attached hydrogen (secondary N) is 2.